The lowest BCUT2D eigenvalue weighted by Gasteiger charge is -2.09. The summed E-state index contributed by atoms with van der Waals surface area (Å²) in [5, 5.41) is 2.69. The summed E-state index contributed by atoms with van der Waals surface area (Å²) in [5.74, 6) is -2.32. The second-order valence-corrected chi connectivity index (χ2v) is 5.31. The smallest absolute Gasteiger partial charge is 0.228 e. The van der Waals surface area contributed by atoms with Crippen LogP contribution in [-0.4, -0.2) is 5.91 Å². The number of rotatable bonds is 3. The first-order valence-electron chi connectivity index (χ1n) is 5.96. The molecule has 0 unspecified atom stereocenters. The number of benzene rings is 2. The molecule has 0 saturated heterocycles. The van der Waals surface area contributed by atoms with Gasteiger partial charge in [0.05, 0.1) is 6.42 Å². The molecule has 1 amide bonds. The van der Waals surface area contributed by atoms with Crippen molar-refractivity contribution in [1.29, 1.82) is 0 Å². The predicted molar refractivity (Wildman–Crippen MR) is 77.6 cm³/mol. The summed E-state index contributed by atoms with van der Waals surface area (Å²) in [5.41, 5.74) is 1.57. The van der Waals surface area contributed by atoms with Crippen molar-refractivity contribution in [3.8, 4) is 0 Å². The number of hydrogen-bond acceptors (Lipinski definition) is 1. The van der Waals surface area contributed by atoms with Crippen molar-refractivity contribution >= 4 is 27.5 Å². The lowest BCUT2D eigenvalue weighted by atomic mass is 10.1. The van der Waals surface area contributed by atoms with E-state index in [1.165, 1.54) is 12.1 Å². The maximum absolute atomic E-state index is 13.5. The average Bonchev–Trinajstić information content (AvgIpc) is 2.39. The first-order valence-corrected chi connectivity index (χ1v) is 6.75. The Balaban J connectivity index is 2.13. The molecule has 0 aliphatic heterocycles. The lowest BCUT2D eigenvalue weighted by molar-refractivity contribution is -0.115. The number of hydrogen-bond donors (Lipinski definition) is 1. The molecule has 5 heteroatoms. The largest absolute Gasteiger partial charge is 0.326 e. The number of carbonyl (C=O) groups is 1. The van der Waals surface area contributed by atoms with E-state index in [0.717, 1.165) is 16.1 Å². The number of aryl methyl sites for hydroxylation is 1. The number of amides is 1. The Hall–Kier alpha value is -1.75. The highest BCUT2D eigenvalue weighted by molar-refractivity contribution is 9.10. The zero-order chi connectivity index (χ0) is 14.7. The van der Waals surface area contributed by atoms with Crippen molar-refractivity contribution in [3.05, 3.63) is 63.6 Å². The monoisotopic (exact) mass is 339 g/mol. The van der Waals surface area contributed by atoms with Gasteiger partial charge in [0.15, 0.2) is 11.6 Å². The SMILES string of the molecule is Cc1ccc(Br)cc1NC(=O)Cc1cccc(F)c1F. The van der Waals surface area contributed by atoms with Gasteiger partial charge in [0.1, 0.15) is 0 Å². The number of anilines is 1. The van der Waals surface area contributed by atoms with E-state index in [1.807, 2.05) is 19.1 Å². The summed E-state index contributed by atoms with van der Waals surface area (Å²) in [6, 6.07) is 9.27. The molecular formula is C15H12BrF2NO. The molecule has 104 valence electrons. The van der Waals surface area contributed by atoms with Crippen LogP contribution in [-0.2, 0) is 11.2 Å². The molecule has 0 bridgehead atoms. The molecule has 2 aromatic carbocycles. The molecule has 0 aliphatic rings. The fraction of sp³-hybridized carbons (Fsp3) is 0.133. The molecule has 0 radical (unpaired) electrons. The van der Waals surface area contributed by atoms with E-state index < -0.39 is 17.5 Å². The third kappa shape index (κ3) is 3.42. The van der Waals surface area contributed by atoms with Crippen molar-refractivity contribution in [2.24, 2.45) is 0 Å². The van der Waals surface area contributed by atoms with Gasteiger partial charge < -0.3 is 5.32 Å². The van der Waals surface area contributed by atoms with Crippen LogP contribution in [0.5, 0.6) is 0 Å². The molecule has 2 rings (SSSR count). The Morgan fingerprint density at radius 2 is 2.00 bits per heavy atom. The molecular weight excluding hydrogens is 328 g/mol. The third-order valence-electron chi connectivity index (χ3n) is 2.86. The van der Waals surface area contributed by atoms with Crippen LogP contribution in [0.15, 0.2) is 40.9 Å². The summed E-state index contributed by atoms with van der Waals surface area (Å²) >= 11 is 3.31. The Kier molecular flexibility index (Phi) is 4.49. The van der Waals surface area contributed by atoms with Gasteiger partial charge in [-0.3, -0.25) is 4.79 Å². The Labute approximate surface area is 123 Å². The summed E-state index contributed by atoms with van der Waals surface area (Å²) < 4.78 is 27.4. The first kappa shape index (κ1) is 14.7. The van der Waals surface area contributed by atoms with Crippen molar-refractivity contribution in [2.45, 2.75) is 13.3 Å². The average molecular weight is 340 g/mol. The van der Waals surface area contributed by atoms with E-state index in [-0.39, 0.29) is 12.0 Å². The van der Waals surface area contributed by atoms with Gasteiger partial charge in [-0.1, -0.05) is 34.1 Å². The van der Waals surface area contributed by atoms with Gasteiger partial charge in [-0.25, -0.2) is 8.78 Å². The van der Waals surface area contributed by atoms with Crippen LogP contribution in [0.25, 0.3) is 0 Å². The second kappa shape index (κ2) is 6.13. The Morgan fingerprint density at radius 1 is 1.25 bits per heavy atom. The molecule has 2 nitrogen and oxygen atoms in total. The standard InChI is InChI=1S/C15H12BrF2NO/c1-9-5-6-11(16)8-13(9)19-14(20)7-10-3-2-4-12(17)15(10)18/h2-6,8H,7H2,1H3,(H,19,20). The first-order chi connectivity index (χ1) is 9.47. The minimum absolute atomic E-state index is 0.0372. The molecule has 0 aliphatic carbocycles. The van der Waals surface area contributed by atoms with E-state index in [4.69, 9.17) is 0 Å². The number of nitrogens with one attached hydrogen (secondary N) is 1. The zero-order valence-corrected chi connectivity index (χ0v) is 12.3. The van der Waals surface area contributed by atoms with Crippen molar-refractivity contribution in [3.63, 3.8) is 0 Å². The van der Waals surface area contributed by atoms with Gasteiger partial charge in [0.2, 0.25) is 5.91 Å². The molecule has 0 heterocycles. The fourth-order valence-electron chi connectivity index (χ4n) is 1.78. The topological polar surface area (TPSA) is 29.1 Å². The van der Waals surface area contributed by atoms with Gasteiger partial charge in [-0.15, -0.1) is 0 Å². The van der Waals surface area contributed by atoms with Crippen LogP contribution >= 0.6 is 15.9 Å². The van der Waals surface area contributed by atoms with Crippen LogP contribution in [0.4, 0.5) is 14.5 Å². The zero-order valence-electron chi connectivity index (χ0n) is 10.7. The molecule has 20 heavy (non-hydrogen) atoms. The quantitative estimate of drug-likeness (QED) is 0.891. The third-order valence-corrected chi connectivity index (χ3v) is 3.35. The van der Waals surface area contributed by atoms with Gasteiger partial charge in [0, 0.05) is 15.7 Å². The van der Waals surface area contributed by atoms with Crippen LogP contribution in [0, 0.1) is 18.6 Å². The van der Waals surface area contributed by atoms with E-state index in [0.29, 0.717) is 5.69 Å². The van der Waals surface area contributed by atoms with E-state index in [9.17, 15) is 13.6 Å². The molecule has 1 N–H and O–H groups in total. The molecule has 0 saturated carbocycles. The Bertz CT molecular complexity index is 652. The maximum atomic E-state index is 13.5. The molecule has 0 spiro atoms. The highest BCUT2D eigenvalue weighted by atomic mass is 79.9. The number of carbonyl (C=O) groups excluding carboxylic acids is 1. The van der Waals surface area contributed by atoms with Crippen molar-refractivity contribution in [1.82, 2.24) is 0 Å². The highest BCUT2D eigenvalue weighted by Crippen LogP contribution is 2.21. The van der Waals surface area contributed by atoms with Crippen LogP contribution < -0.4 is 5.32 Å². The minimum Gasteiger partial charge on any atom is -0.326 e. The molecule has 2 aromatic rings. The van der Waals surface area contributed by atoms with E-state index in [1.54, 1.807) is 6.07 Å². The van der Waals surface area contributed by atoms with Gasteiger partial charge >= 0.3 is 0 Å². The van der Waals surface area contributed by atoms with Crippen molar-refractivity contribution < 1.29 is 13.6 Å². The van der Waals surface area contributed by atoms with Gasteiger partial charge in [-0.2, -0.15) is 0 Å². The highest BCUT2D eigenvalue weighted by Gasteiger charge is 2.12. The van der Waals surface area contributed by atoms with Crippen LogP contribution in [0.2, 0.25) is 0 Å². The summed E-state index contributed by atoms with van der Waals surface area (Å²) in [4.78, 5) is 11.9. The van der Waals surface area contributed by atoms with Gasteiger partial charge in [0.25, 0.3) is 0 Å². The van der Waals surface area contributed by atoms with Gasteiger partial charge in [-0.05, 0) is 30.7 Å². The fourth-order valence-corrected chi connectivity index (χ4v) is 2.14. The van der Waals surface area contributed by atoms with Crippen LogP contribution in [0.1, 0.15) is 11.1 Å². The summed E-state index contributed by atoms with van der Waals surface area (Å²) in [6.45, 7) is 1.85. The molecule has 0 atom stereocenters. The maximum Gasteiger partial charge on any atom is 0.228 e. The normalized spacial score (nSPS) is 10.4. The predicted octanol–water partition coefficient (Wildman–Crippen LogP) is 4.22. The van der Waals surface area contributed by atoms with E-state index in [2.05, 4.69) is 21.2 Å². The van der Waals surface area contributed by atoms with E-state index >= 15 is 0 Å². The Morgan fingerprint density at radius 3 is 2.75 bits per heavy atom. The summed E-state index contributed by atoms with van der Waals surface area (Å²) in [7, 11) is 0. The molecule has 0 aromatic heterocycles. The number of halogens is 3. The molecule has 0 fully saturated rings. The lowest BCUT2D eigenvalue weighted by Crippen LogP contribution is -2.16. The van der Waals surface area contributed by atoms with Crippen molar-refractivity contribution in [2.75, 3.05) is 5.32 Å². The summed E-state index contributed by atoms with van der Waals surface area (Å²) in [6.07, 6.45) is -0.213. The minimum atomic E-state index is -0.978. The van der Waals surface area contributed by atoms with Crippen LogP contribution in [0.3, 0.4) is 0 Å². The second-order valence-electron chi connectivity index (χ2n) is 4.40.